The molecule has 4 nitrogen and oxygen atoms in total. The minimum Gasteiger partial charge on any atom is -0.444 e. The van der Waals surface area contributed by atoms with Crippen molar-refractivity contribution in [1.82, 2.24) is 9.88 Å². The van der Waals surface area contributed by atoms with E-state index in [1.165, 1.54) is 5.56 Å². The number of aromatic nitrogens is 1. The molecule has 2 rings (SSSR count). The van der Waals surface area contributed by atoms with Gasteiger partial charge in [-0.2, -0.15) is 0 Å². The maximum Gasteiger partial charge on any atom is 0.410 e. The molecule has 1 fully saturated rings. The second-order valence-corrected chi connectivity index (χ2v) is 7.24. The third-order valence-corrected chi connectivity index (χ3v) is 4.20. The number of piperidine rings is 1. The molecular formula is C20H28N2O2. The van der Waals surface area contributed by atoms with Crippen molar-refractivity contribution in [2.45, 2.75) is 51.6 Å². The normalized spacial score (nSPS) is 15.9. The Kier molecular flexibility index (Phi) is 5.81. The van der Waals surface area contributed by atoms with Crippen LogP contribution >= 0.6 is 0 Å². The van der Waals surface area contributed by atoms with E-state index in [-0.39, 0.29) is 6.09 Å². The standard InChI is InChI=1S/C20H28N2O2/c1-6-8-18-15(7-2)13-17(14-21-18)16-9-11-22(12-10-16)19(23)24-20(3,4)5/h6-7,13-14,16H,1-2,8-12H2,3-5H3. The van der Waals surface area contributed by atoms with E-state index in [2.05, 4.69) is 24.2 Å². The lowest BCUT2D eigenvalue weighted by Gasteiger charge is -2.33. The molecule has 1 aliphatic heterocycles. The highest BCUT2D eigenvalue weighted by Gasteiger charge is 2.27. The van der Waals surface area contributed by atoms with E-state index < -0.39 is 5.60 Å². The lowest BCUT2D eigenvalue weighted by atomic mass is 9.89. The topological polar surface area (TPSA) is 42.4 Å². The van der Waals surface area contributed by atoms with Crippen LogP contribution in [0.2, 0.25) is 0 Å². The number of rotatable bonds is 4. The summed E-state index contributed by atoms with van der Waals surface area (Å²) in [4.78, 5) is 18.5. The van der Waals surface area contributed by atoms with Crippen molar-refractivity contribution in [1.29, 1.82) is 0 Å². The van der Waals surface area contributed by atoms with E-state index in [4.69, 9.17) is 4.74 Å². The van der Waals surface area contributed by atoms with Crippen LogP contribution in [0, 0.1) is 0 Å². The van der Waals surface area contributed by atoms with Gasteiger partial charge in [0.2, 0.25) is 0 Å². The van der Waals surface area contributed by atoms with Gasteiger partial charge in [-0.1, -0.05) is 18.7 Å². The summed E-state index contributed by atoms with van der Waals surface area (Å²) in [5, 5.41) is 0. The number of carbonyl (C=O) groups is 1. The zero-order valence-corrected chi connectivity index (χ0v) is 15.0. The van der Waals surface area contributed by atoms with Crippen molar-refractivity contribution in [3.05, 3.63) is 48.3 Å². The van der Waals surface area contributed by atoms with Crippen LogP contribution in [0.15, 0.2) is 31.5 Å². The van der Waals surface area contributed by atoms with Crippen molar-refractivity contribution in [2.24, 2.45) is 0 Å². The number of ether oxygens (including phenoxy) is 1. The highest BCUT2D eigenvalue weighted by Crippen LogP contribution is 2.29. The van der Waals surface area contributed by atoms with Gasteiger partial charge in [-0.15, -0.1) is 6.58 Å². The van der Waals surface area contributed by atoms with Gasteiger partial charge in [0.1, 0.15) is 5.60 Å². The highest BCUT2D eigenvalue weighted by molar-refractivity contribution is 5.68. The Morgan fingerprint density at radius 1 is 1.38 bits per heavy atom. The molecule has 4 heteroatoms. The molecular weight excluding hydrogens is 300 g/mol. The van der Waals surface area contributed by atoms with Crippen LogP contribution in [0.5, 0.6) is 0 Å². The average Bonchev–Trinajstić information content (AvgIpc) is 2.54. The molecule has 0 spiro atoms. The Morgan fingerprint density at radius 2 is 2.04 bits per heavy atom. The molecule has 1 aliphatic rings. The van der Waals surface area contributed by atoms with Crippen LogP contribution in [-0.4, -0.2) is 34.7 Å². The Hall–Kier alpha value is -2.10. The fourth-order valence-corrected chi connectivity index (χ4v) is 2.96. The predicted octanol–water partition coefficient (Wildman–Crippen LogP) is 4.57. The summed E-state index contributed by atoms with van der Waals surface area (Å²) in [6, 6.07) is 2.17. The summed E-state index contributed by atoms with van der Waals surface area (Å²) in [6.07, 6.45) is 8.06. The third-order valence-electron chi connectivity index (χ3n) is 4.20. The van der Waals surface area contributed by atoms with E-state index in [9.17, 15) is 4.79 Å². The molecule has 2 heterocycles. The minimum atomic E-state index is -0.447. The first kappa shape index (κ1) is 18.2. The summed E-state index contributed by atoms with van der Waals surface area (Å²) in [5.41, 5.74) is 2.86. The number of pyridine rings is 1. The average molecular weight is 328 g/mol. The number of carbonyl (C=O) groups excluding carboxylic acids is 1. The van der Waals surface area contributed by atoms with Crippen molar-refractivity contribution in [2.75, 3.05) is 13.1 Å². The summed E-state index contributed by atoms with van der Waals surface area (Å²) in [5.74, 6) is 0.424. The quantitative estimate of drug-likeness (QED) is 0.761. The third kappa shape index (κ3) is 4.70. The van der Waals surface area contributed by atoms with Crippen LogP contribution in [-0.2, 0) is 11.2 Å². The fourth-order valence-electron chi connectivity index (χ4n) is 2.96. The van der Waals surface area contributed by atoms with Crippen molar-refractivity contribution in [3.8, 4) is 0 Å². The SMILES string of the molecule is C=CCc1ncc(C2CCN(C(=O)OC(C)(C)C)CC2)cc1C=C. The van der Waals surface area contributed by atoms with Gasteiger partial charge in [0.25, 0.3) is 0 Å². The number of nitrogens with zero attached hydrogens (tertiary/aromatic N) is 2. The Labute approximate surface area is 145 Å². The van der Waals surface area contributed by atoms with Crippen molar-refractivity contribution >= 4 is 12.2 Å². The molecule has 130 valence electrons. The van der Waals surface area contributed by atoms with Crippen LogP contribution in [0.1, 0.15) is 56.4 Å². The molecule has 0 radical (unpaired) electrons. The number of amides is 1. The van der Waals surface area contributed by atoms with Crippen LogP contribution in [0.3, 0.4) is 0 Å². The molecule has 0 unspecified atom stereocenters. The molecule has 1 aromatic heterocycles. The van der Waals surface area contributed by atoms with Gasteiger partial charge in [-0.05, 0) is 56.7 Å². The van der Waals surface area contributed by atoms with Crippen LogP contribution < -0.4 is 0 Å². The number of allylic oxidation sites excluding steroid dienone is 1. The van der Waals surface area contributed by atoms with Gasteiger partial charge in [0, 0.05) is 25.7 Å². The minimum absolute atomic E-state index is 0.216. The van der Waals surface area contributed by atoms with E-state index in [1.807, 2.05) is 39.1 Å². The molecule has 0 aromatic carbocycles. The molecule has 0 N–H and O–H groups in total. The van der Waals surface area contributed by atoms with Gasteiger partial charge in [-0.3, -0.25) is 4.98 Å². The van der Waals surface area contributed by atoms with Crippen LogP contribution in [0.25, 0.3) is 6.08 Å². The van der Waals surface area contributed by atoms with Crippen molar-refractivity contribution in [3.63, 3.8) is 0 Å². The summed E-state index contributed by atoms with van der Waals surface area (Å²) in [7, 11) is 0. The van der Waals surface area contributed by atoms with Gasteiger partial charge >= 0.3 is 6.09 Å². The van der Waals surface area contributed by atoms with E-state index >= 15 is 0 Å². The van der Waals surface area contributed by atoms with Gasteiger partial charge in [0.15, 0.2) is 0 Å². The number of hydrogen-bond acceptors (Lipinski definition) is 3. The lowest BCUT2D eigenvalue weighted by molar-refractivity contribution is 0.0205. The molecule has 0 saturated carbocycles. The Morgan fingerprint density at radius 3 is 2.58 bits per heavy atom. The lowest BCUT2D eigenvalue weighted by Crippen LogP contribution is -2.41. The first-order chi connectivity index (χ1) is 11.3. The Bertz CT molecular complexity index is 609. The van der Waals surface area contributed by atoms with Crippen molar-refractivity contribution < 1.29 is 9.53 Å². The molecule has 0 bridgehead atoms. The molecule has 0 aliphatic carbocycles. The van der Waals surface area contributed by atoms with E-state index in [0.717, 1.165) is 43.6 Å². The molecule has 0 atom stereocenters. The zero-order chi connectivity index (χ0) is 17.7. The summed E-state index contributed by atoms with van der Waals surface area (Å²) >= 11 is 0. The second kappa shape index (κ2) is 7.65. The van der Waals surface area contributed by atoms with Gasteiger partial charge in [-0.25, -0.2) is 4.79 Å². The smallest absolute Gasteiger partial charge is 0.410 e. The zero-order valence-electron chi connectivity index (χ0n) is 15.0. The molecule has 24 heavy (non-hydrogen) atoms. The molecule has 1 saturated heterocycles. The van der Waals surface area contributed by atoms with Crippen LogP contribution in [0.4, 0.5) is 4.79 Å². The largest absolute Gasteiger partial charge is 0.444 e. The van der Waals surface area contributed by atoms with E-state index in [1.54, 1.807) is 4.90 Å². The number of hydrogen-bond donors (Lipinski definition) is 0. The highest BCUT2D eigenvalue weighted by atomic mass is 16.6. The van der Waals surface area contributed by atoms with Gasteiger partial charge in [0.05, 0.1) is 5.69 Å². The summed E-state index contributed by atoms with van der Waals surface area (Å²) in [6.45, 7) is 14.8. The monoisotopic (exact) mass is 328 g/mol. The number of likely N-dealkylation sites (tertiary alicyclic amines) is 1. The first-order valence-electron chi connectivity index (χ1n) is 8.54. The molecule has 1 amide bonds. The van der Waals surface area contributed by atoms with E-state index in [0.29, 0.717) is 5.92 Å². The Balaban J connectivity index is 2.00. The summed E-state index contributed by atoms with van der Waals surface area (Å²) < 4.78 is 5.45. The fraction of sp³-hybridized carbons (Fsp3) is 0.500. The predicted molar refractivity (Wildman–Crippen MR) is 98.0 cm³/mol. The van der Waals surface area contributed by atoms with Gasteiger partial charge < -0.3 is 9.64 Å². The maximum atomic E-state index is 12.1. The second-order valence-electron chi connectivity index (χ2n) is 7.24. The maximum absolute atomic E-state index is 12.1. The first-order valence-corrected chi connectivity index (χ1v) is 8.54. The molecule has 1 aromatic rings.